The SMILES string of the molecule is CC1(C2CNCC2COCc2cc(F)cc(F)c2)C=CC=CC1. The van der Waals surface area contributed by atoms with E-state index in [-0.39, 0.29) is 12.0 Å². The Bertz CT molecular complexity index is 593. The summed E-state index contributed by atoms with van der Waals surface area (Å²) in [6, 6.07) is 3.52. The van der Waals surface area contributed by atoms with Crippen LogP contribution in [0.25, 0.3) is 0 Å². The van der Waals surface area contributed by atoms with Crippen LogP contribution in [0.15, 0.2) is 42.5 Å². The predicted octanol–water partition coefficient (Wildman–Crippen LogP) is 3.84. The van der Waals surface area contributed by atoms with Gasteiger partial charge in [0.15, 0.2) is 0 Å². The van der Waals surface area contributed by atoms with E-state index in [0.717, 1.165) is 25.6 Å². The largest absolute Gasteiger partial charge is 0.376 e. The lowest BCUT2D eigenvalue weighted by molar-refractivity contribution is 0.0591. The van der Waals surface area contributed by atoms with Crippen molar-refractivity contribution in [1.82, 2.24) is 5.32 Å². The van der Waals surface area contributed by atoms with Gasteiger partial charge in [0, 0.05) is 12.6 Å². The number of hydrogen-bond acceptors (Lipinski definition) is 2. The summed E-state index contributed by atoms with van der Waals surface area (Å²) in [6.45, 7) is 5.04. The van der Waals surface area contributed by atoms with Gasteiger partial charge in [0.2, 0.25) is 0 Å². The van der Waals surface area contributed by atoms with Gasteiger partial charge in [-0.25, -0.2) is 8.78 Å². The van der Waals surface area contributed by atoms with Crippen LogP contribution in [0.2, 0.25) is 0 Å². The number of halogens is 2. The van der Waals surface area contributed by atoms with Crippen LogP contribution in [0.1, 0.15) is 18.9 Å². The molecule has 2 nitrogen and oxygen atoms in total. The first-order valence-corrected chi connectivity index (χ1v) is 8.15. The smallest absolute Gasteiger partial charge is 0.126 e. The second-order valence-corrected chi connectivity index (χ2v) is 6.81. The molecule has 0 spiro atoms. The second kappa shape index (κ2) is 6.93. The molecule has 1 aromatic rings. The maximum absolute atomic E-state index is 13.2. The van der Waals surface area contributed by atoms with Crippen LogP contribution in [0.3, 0.4) is 0 Å². The molecule has 0 saturated carbocycles. The van der Waals surface area contributed by atoms with Crippen molar-refractivity contribution in [3.05, 3.63) is 59.7 Å². The molecule has 1 saturated heterocycles. The maximum atomic E-state index is 13.2. The number of ether oxygens (including phenoxy) is 1. The van der Waals surface area contributed by atoms with Crippen LogP contribution >= 0.6 is 0 Å². The van der Waals surface area contributed by atoms with Gasteiger partial charge in [0.25, 0.3) is 0 Å². The molecule has 1 fully saturated rings. The molecule has 3 unspecified atom stereocenters. The average Bonchev–Trinajstić information content (AvgIpc) is 2.96. The molecule has 0 bridgehead atoms. The maximum Gasteiger partial charge on any atom is 0.126 e. The third-order valence-corrected chi connectivity index (χ3v) is 4.99. The highest BCUT2D eigenvalue weighted by molar-refractivity contribution is 5.19. The highest BCUT2D eigenvalue weighted by Gasteiger charge is 2.40. The number of hydrogen-bond donors (Lipinski definition) is 1. The van der Waals surface area contributed by atoms with E-state index in [2.05, 4.69) is 36.5 Å². The summed E-state index contributed by atoms with van der Waals surface area (Å²) in [5.74, 6) is -0.200. The Morgan fingerprint density at radius 3 is 2.65 bits per heavy atom. The molecule has 0 aromatic heterocycles. The number of rotatable bonds is 5. The van der Waals surface area contributed by atoms with E-state index in [0.29, 0.717) is 24.0 Å². The van der Waals surface area contributed by atoms with E-state index in [1.165, 1.54) is 12.1 Å². The van der Waals surface area contributed by atoms with Gasteiger partial charge >= 0.3 is 0 Å². The first-order valence-electron chi connectivity index (χ1n) is 8.15. The highest BCUT2D eigenvalue weighted by Crippen LogP contribution is 2.41. The lowest BCUT2D eigenvalue weighted by Crippen LogP contribution is -2.33. The zero-order chi connectivity index (χ0) is 16.3. The fourth-order valence-electron chi connectivity index (χ4n) is 3.72. The summed E-state index contributed by atoms with van der Waals surface area (Å²) in [6.07, 6.45) is 9.76. The van der Waals surface area contributed by atoms with Gasteiger partial charge in [0.1, 0.15) is 11.6 Å². The molecule has 0 radical (unpaired) electrons. The summed E-state index contributed by atoms with van der Waals surface area (Å²) < 4.78 is 32.1. The van der Waals surface area contributed by atoms with E-state index in [1.54, 1.807) is 0 Å². The fraction of sp³-hybridized carbons (Fsp3) is 0.474. The van der Waals surface area contributed by atoms with Crippen molar-refractivity contribution in [1.29, 1.82) is 0 Å². The van der Waals surface area contributed by atoms with Crippen LogP contribution in [0.5, 0.6) is 0 Å². The molecule has 23 heavy (non-hydrogen) atoms. The Kier molecular flexibility index (Phi) is 4.93. The molecule has 1 aromatic carbocycles. The van der Waals surface area contributed by atoms with Crippen molar-refractivity contribution in [2.24, 2.45) is 17.3 Å². The van der Waals surface area contributed by atoms with E-state index < -0.39 is 11.6 Å². The van der Waals surface area contributed by atoms with Gasteiger partial charge in [-0.1, -0.05) is 31.2 Å². The van der Waals surface area contributed by atoms with Crippen LogP contribution < -0.4 is 5.32 Å². The van der Waals surface area contributed by atoms with Crippen molar-refractivity contribution in [3.8, 4) is 0 Å². The molecule has 1 N–H and O–H groups in total. The van der Waals surface area contributed by atoms with Crippen LogP contribution in [-0.4, -0.2) is 19.7 Å². The molecule has 124 valence electrons. The summed E-state index contributed by atoms with van der Waals surface area (Å²) in [7, 11) is 0. The third kappa shape index (κ3) is 3.88. The topological polar surface area (TPSA) is 21.3 Å². The van der Waals surface area contributed by atoms with Gasteiger partial charge in [-0.3, -0.25) is 0 Å². The molecule has 1 aliphatic carbocycles. The molecule has 1 heterocycles. The molecule has 3 atom stereocenters. The lowest BCUT2D eigenvalue weighted by atomic mass is 9.69. The first kappa shape index (κ1) is 16.3. The molecule has 2 aliphatic rings. The minimum atomic E-state index is -0.560. The van der Waals surface area contributed by atoms with Gasteiger partial charge in [0.05, 0.1) is 13.2 Å². The Morgan fingerprint density at radius 2 is 1.96 bits per heavy atom. The van der Waals surface area contributed by atoms with Crippen molar-refractivity contribution in [2.75, 3.05) is 19.7 Å². The van der Waals surface area contributed by atoms with E-state index in [1.807, 2.05) is 0 Å². The summed E-state index contributed by atoms with van der Waals surface area (Å²) in [5.41, 5.74) is 0.689. The standard InChI is InChI=1S/C19H23F2NO/c1-19(5-3-2-4-6-19)18-11-22-10-15(18)13-23-12-14-7-16(20)9-17(21)8-14/h2-5,7-9,15,18,22H,6,10-13H2,1H3. The minimum Gasteiger partial charge on any atom is -0.376 e. The van der Waals surface area contributed by atoms with Crippen molar-refractivity contribution < 1.29 is 13.5 Å². The van der Waals surface area contributed by atoms with Crippen molar-refractivity contribution in [3.63, 3.8) is 0 Å². The number of allylic oxidation sites excluding steroid dienone is 4. The van der Waals surface area contributed by atoms with Crippen LogP contribution in [0, 0.1) is 28.9 Å². The highest BCUT2D eigenvalue weighted by atomic mass is 19.1. The monoisotopic (exact) mass is 319 g/mol. The van der Waals surface area contributed by atoms with Crippen LogP contribution in [0.4, 0.5) is 8.78 Å². The molecule has 0 amide bonds. The van der Waals surface area contributed by atoms with Gasteiger partial charge in [-0.05, 0) is 47.9 Å². The average molecular weight is 319 g/mol. The van der Waals surface area contributed by atoms with E-state index in [4.69, 9.17) is 4.74 Å². The van der Waals surface area contributed by atoms with Crippen LogP contribution in [-0.2, 0) is 11.3 Å². The third-order valence-electron chi connectivity index (χ3n) is 4.99. The molecule has 3 rings (SSSR count). The van der Waals surface area contributed by atoms with E-state index in [9.17, 15) is 8.78 Å². The normalized spacial score (nSPS) is 30.0. The summed E-state index contributed by atoms with van der Waals surface area (Å²) >= 11 is 0. The number of nitrogens with one attached hydrogen (secondary N) is 1. The summed E-state index contributed by atoms with van der Waals surface area (Å²) in [5, 5.41) is 3.45. The Balaban J connectivity index is 1.57. The Morgan fingerprint density at radius 1 is 1.17 bits per heavy atom. The zero-order valence-corrected chi connectivity index (χ0v) is 13.4. The molecular weight excluding hydrogens is 296 g/mol. The fourth-order valence-corrected chi connectivity index (χ4v) is 3.72. The van der Waals surface area contributed by atoms with Crippen molar-refractivity contribution in [2.45, 2.75) is 20.0 Å². The predicted molar refractivity (Wildman–Crippen MR) is 86.9 cm³/mol. The Hall–Kier alpha value is -1.52. The quantitative estimate of drug-likeness (QED) is 0.890. The summed E-state index contributed by atoms with van der Waals surface area (Å²) in [4.78, 5) is 0. The van der Waals surface area contributed by atoms with Crippen molar-refractivity contribution >= 4 is 0 Å². The lowest BCUT2D eigenvalue weighted by Gasteiger charge is -2.36. The Labute approximate surface area is 136 Å². The molecule has 4 heteroatoms. The van der Waals surface area contributed by atoms with Gasteiger partial charge in [-0.2, -0.15) is 0 Å². The van der Waals surface area contributed by atoms with Gasteiger partial charge < -0.3 is 10.1 Å². The molecular formula is C19H23F2NO. The second-order valence-electron chi connectivity index (χ2n) is 6.81. The van der Waals surface area contributed by atoms with E-state index >= 15 is 0 Å². The van der Waals surface area contributed by atoms with Gasteiger partial charge in [-0.15, -0.1) is 0 Å². The molecule has 1 aliphatic heterocycles. The first-order chi connectivity index (χ1) is 11.1. The minimum absolute atomic E-state index is 0.150. The zero-order valence-electron chi connectivity index (χ0n) is 13.4. The number of benzene rings is 1.